The molecule has 0 unspecified atom stereocenters. The summed E-state index contributed by atoms with van der Waals surface area (Å²) in [7, 11) is 0. The van der Waals surface area contributed by atoms with Crippen LogP contribution in [0, 0.1) is 27.9 Å². The molecule has 13 nitrogen and oxygen atoms in total. The van der Waals surface area contributed by atoms with E-state index in [4.69, 9.17) is 24.2 Å². The largest absolute Gasteiger partial charge is 0.459 e. The highest BCUT2D eigenvalue weighted by Crippen LogP contribution is 2.62. The Bertz CT molecular complexity index is 2730. The molecule has 69 heavy (non-hydrogen) atoms. The van der Waals surface area contributed by atoms with Crippen molar-refractivity contribution >= 4 is 40.4 Å². The van der Waals surface area contributed by atoms with Gasteiger partial charge in [-0.3, -0.25) is 19.7 Å². The summed E-state index contributed by atoms with van der Waals surface area (Å²) in [5.74, 6) is -1.15. The van der Waals surface area contributed by atoms with E-state index >= 15 is 4.79 Å². The summed E-state index contributed by atoms with van der Waals surface area (Å²) in [5.41, 5.74) is 4.37. The van der Waals surface area contributed by atoms with E-state index in [1.165, 1.54) is 18.2 Å². The number of benzene rings is 5. The number of rotatable bonds is 22. The molecular weight excluding hydrogens is 875 g/mol. The molecule has 0 spiro atoms. The summed E-state index contributed by atoms with van der Waals surface area (Å²) in [6.45, 7) is 6.60. The van der Waals surface area contributed by atoms with Gasteiger partial charge in [0.05, 0.1) is 23.2 Å². The van der Waals surface area contributed by atoms with Crippen molar-refractivity contribution in [2.75, 3.05) is 26.4 Å². The van der Waals surface area contributed by atoms with Crippen molar-refractivity contribution in [1.29, 1.82) is 0 Å². The van der Waals surface area contributed by atoms with Crippen LogP contribution in [0.4, 0.5) is 5.69 Å². The minimum Gasteiger partial charge on any atom is -0.459 e. The topological polar surface area (TPSA) is 170 Å². The van der Waals surface area contributed by atoms with Gasteiger partial charge >= 0.3 is 0 Å². The number of non-ortho nitro benzene ring substituents is 1. The van der Waals surface area contributed by atoms with Crippen molar-refractivity contribution in [3.05, 3.63) is 172 Å². The minimum atomic E-state index is -1.53. The number of nitro benzene ring substituents is 1. The first-order valence-electron chi connectivity index (χ1n) is 23.8. The first-order valence-corrected chi connectivity index (χ1v) is 23.8. The molecule has 1 fully saturated rings. The number of allylic oxidation sites excluding steroid dienone is 1. The molecule has 8 rings (SSSR count). The molecule has 2 N–H and O–H groups in total. The molecule has 6 atom stereocenters. The first kappa shape index (κ1) is 48.5. The summed E-state index contributed by atoms with van der Waals surface area (Å²) in [6, 6.07) is 32.0. The Labute approximate surface area is 402 Å². The number of nitro groups is 1. The van der Waals surface area contributed by atoms with Crippen LogP contribution >= 0.6 is 0 Å². The van der Waals surface area contributed by atoms with Crippen LogP contribution in [0.1, 0.15) is 84.8 Å². The van der Waals surface area contributed by atoms with Crippen molar-refractivity contribution in [1.82, 2.24) is 4.90 Å². The van der Waals surface area contributed by atoms with Gasteiger partial charge in [0.15, 0.2) is 0 Å². The van der Waals surface area contributed by atoms with Crippen LogP contribution in [0.3, 0.4) is 0 Å². The molecule has 2 aliphatic carbocycles. The lowest BCUT2D eigenvalue weighted by Gasteiger charge is -2.60. The Morgan fingerprint density at radius 2 is 1.68 bits per heavy atom. The highest BCUT2D eigenvalue weighted by Gasteiger charge is 2.65. The first-order chi connectivity index (χ1) is 33.7. The van der Waals surface area contributed by atoms with Crippen molar-refractivity contribution in [3.63, 3.8) is 0 Å². The van der Waals surface area contributed by atoms with Crippen LogP contribution in [-0.2, 0) is 20.9 Å². The third kappa shape index (κ3) is 10.6. The summed E-state index contributed by atoms with van der Waals surface area (Å²) < 4.78 is 21.1. The molecule has 0 bridgehead atoms. The molecule has 0 saturated heterocycles. The van der Waals surface area contributed by atoms with Gasteiger partial charge in [0.25, 0.3) is 5.69 Å². The van der Waals surface area contributed by atoms with Gasteiger partial charge in [0, 0.05) is 61.4 Å². The van der Waals surface area contributed by atoms with Crippen molar-refractivity contribution in [3.8, 4) is 17.2 Å². The zero-order valence-electron chi connectivity index (χ0n) is 38.9. The van der Waals surface area contributed by atoms with Gasteiger partial charge in [0.2, 0.25) is 11.7 Å². The molecule has 1 aliphatic heterocycles. The second-order valence-electron chi connectivity index (χ2n) is 17.8. The SMILES string of the molecule is C=CCO[C@@]12Oc3ccc(Oc4cccc(C=O)c4)cc3[C@H]3[C@H](CCCCO)[C@@H](CCCCO)C=C(C(=NOCC)C[C@@H]1N(Cc1cccc4ccccc14)C(=O)C=Cc1ccc([N+](=O)[O-])cc1)[C@H]32. The number of hydrogen-bond acceptors (Lipinski definition) is 11. The fourth-order valence-corrected chi connectivity index (χ4v) is 10.6. The number of carbonyl (C=O) groups excluding carboxylic acids is 2. The Morgan fingerprint density at radius 3 is 2.43 bits per heavy atom. The van der Waals surface area contributed by atoms with Gasteiger partial charge in [-0.25, -0.2) is 0 Å². The molecular formula is C56H59N3O10. The number of oxime groups is 1. The molecule has 0 aromatic heterocycles. The van der Waals surface area contributed by atoms with Crippen molar-refractivity contribution in [2.24, 2.45) is 22.9 Å². The molecule has 1 amide bonds. The summed E-state index contributed by atoms with van der Waals surface area (Å²) in [4.78, 5) is 45.9. The average molecular weight is 934 g/mol. The molecule has 0 radical (unpaired) electrons. The van der Waals surface area contributed by atoms with Gasteiger partial charge in [-0.1, -0.05) is 84.7 Å². The maximum absolute atomic E-state index is 15.4. The van der Waals surface area contributed by atoms with Gasteiger partial charge < -0.3 is 34.2 Å². The van der Waals surface area contributed by atoms with Gasteiger partial charge in [-0.2, -0.15) is 0 Å². The maximum Gasteiger partial charge on any atom is 0.269 e. The summed E-state index contributed by atoms with van der Waals surface area (Å²) in [6.07, 6.45) is 12.4. The summed E-state index contributed by atoms with van der Waals surface area (Å²) >= 11 is 0. The van der Waals surface area contributed by atoms with Crippen LogP contribution in [-0.4, -0.2) is 76.2 Å². The van der Waals surface area contributed by atoms with Crippen LogP contribution in [0.25, 0.3) is 16.8 Å². The number of aliphatic hydroxyl groups is 2. The van der Waals surface area contributed by atoms with Crippen molar-refractivity contribution < 1.29 is 43.8 Å². The van der Waals surface area contributed by atoms with Crippen LogP contribution in [0.5, 0.6) is 17.2 Å². The van der Waals surface area contributed by atoms with Crippen LogP contribution in [0.15, 0.2) is 145 Å². The van der Waals surface area contributed by atoms with Crippen LogP contribution in [0.2, 0.25) is 0 Å². The zero-order valence-corrected chi connectivity index (χ0v) is 38.9. The lowest BCUT2D eigenvalue weighted by atomic mass is 9.55. The smallest absolute Gasteiger partial charge is 0.269 e. The second kappa shape index (κ2) is 22.5. The molecule has 358 valence electrons. The standard InChI is InChI=1S/C56H59N3O10/c1-3-31-66-56-52(58(36-42-17-12-16-40-14-5-6-19-46(40)42)53(63)28-23-38-21-24-43(25-22-38)59(64)65)35-50(57-67-4-2)48-33-41(15-7-9-29-60)47(20-8-10-30-61)54(55(48)56)49-34-45(26-27-51(49)69-56)68-44-18-11-13-39(32-44)37-62/h3,5-6,11-14,16-19,21-28,32-34,37,41,47,52,54-55,60-61H,1,4,7-10,15,20,29-31,35-36H2,2H3/t41-,47+,52-,54+,55+,56+/m0/s1. The summed E-state index contributed by atoms with van der Waals surface area (Å²) in [5, 5.41) is 38.3. The van der Waals surface area contributed by atoms with Gasteiger partial charge in [-0.05, 0) is 120 Å². The predicted octanol–water partition coefficient (Wildman–Crippen LogP) is 10.7. The number of fused-ring (bicyclic) bond motifs is 3. The quantitative estimate of drug-likeness (QED) is 0.0170. The number of nitrogens with zero attached hydrogens (tertiary/aromatic N) is 3. The van der Waals surface area contributed by atoms with E-state index in [9.17, 15) is 25.1 Å². The van der Waals surface area contributed by atoms with E-state index in [2.05, 4.69) is 12.7 Å². The lowest BCUT2D eigenvalue weighted by Crippen LogP contribution is -2.70. The number of unbranched alkanes of at least 4 members (excludes halogenated alkanes) is 2. The maximum atomic E-state index is 15.4. The number of aliphatic hydroxyl groups excluding tert-OH is 2. The second-order valence-corrected chi connectivity index (χ2v) is 17.8. The molecule has 3 aliphatic rings. The van der Waals surface area contributed by atoms with Crippen molar-refractivity contribution in [2.45, 2.75) is 76.2 Å². The molecule has 5 aromatic rings. The molecule has 5 aromatic carbocycles. The lowest BCUT2D eigenvalue weighted by molar-refractivity contribution is -0.384. The van der Waals surface area contributed by atoms with E-state index in [0.29, 0.717) is 53.5 Å². The van der Waals surface area contributed by atoms with E-state index in [1.807, 2.05) is 67.6 Å². The van der Waals surface area contributed by atoms with E-state index in [-0.39, 0.29) is 62.1 Å². The third-order valence-electron chi connectivity index (χ3n) is 13.6. The Morgan fingerprint density at radius 1 is 0.928 bits per heavy atom. The highest BCUT2D eigenvalue weighted by atomic mass is 16.7. The third-order valence-corrected chi connectivity index (χ3v) is 13.6. The fraction of sp³-hybridized carbons (Fsp3) is 0.339. The van der Waals surface area contributed by atoms with Gasteiger partial charge in [-0.15, -0.1) is 6.58 Å². The normalized spacial score (nSPS) is 22.0. The number of hydrogen-bond donors (Lipinski definition) is 2. The number of carbonyl (C=O) groups is 2. The molecule has 13 heteroatoms. The minimum absolute atomic E-state index is 0.0184. The predicted molar refractivity (Wildman–Crippen MR) is 265 cm³/mol. The van der Waals surface area contributed by atoms with E-state index in [0.717, 1.165) is 59.4 Å². The number of amides is 1. The fourth-order valence-electron chi connectivity index (χ4n) is 10.6. The Hall–Kier alpha value is -6.93. The molecule has 1 saturated carbocycles. The van der Waals surface area contributed by atoms with E-state index < -0.39 is 22.7 Å². The average Bonchev–Trinajstić information content (AvgIpc) is 3.37. The highest BCUT2D eigenvalue weighted by molar-refractivity contribution is 6.03. The monoisotopic (exact) mass is 933 g/mol. The number of ether oxygens (including phenoxy) is 3. The molecule has 1 heterocycles. The van der Waals surface area contributed by atoms with E-state index in [1.54, 1.807) is 53.5 Å². The Balaban J connectivity index is 1.35. The zero-order chi connectivity index (χ0) is 48.3. The Kier molecular flexibility index (Phi) is 15.8. The van der Waals surface area contributed by atoms with Crippen LogP contribution < -0.4 is 9.47 Å². The number of aldehydes is 1. The van der Waals surface area contributed by atoms with Gasteiger partial charge in [0.1, 0.15) is 36.2 Å².